The minimum absolute atomic E-state index is 0.0130. The number of alkyl halides is 3. The number of fused-ring (bicyclic) bond motifs is 1. The minimum Gasteiger partial charge on any atom is -0.449 e. The van der Waals surface area contributed by atoms with Crippen molar-refractivity contribution in [1.29, 1.82) is 0 Å². The van der Waals surface area contributed by atoms with Gasteiger partial charge in [-0.05, 0) is 49.2 Å². The van der Waals surface area contributed by atoms with Crippen LogP contribution in [0.5, 0.6) is 17.2 Å². The summed E-state index contributed by atoms with van der Waals surface area (Å²) >= 11 is 6.08. The third-order valence-electron chi connectivity index (χ3n) is 4.40. The highest BCUT2D eigenvalue weighted by Gasteiger charge is 2.40. The number of ether oxygens (including phenoxy) is 2. The van der Waals surface area contributed by atoms with Crippen molar-refractivity contribution in [3.63, 3.8) is 0 Å². The van der Waals surface area contributed by atoms with Gasteiger partial charge in [-0.1, -0.05) is 25.4 Å². The molecule has 0 bridgehead atoms. The molecule has 3 aromatic rings. The van der Waals surface area contributed by atoms with Gasteiger partial charge in [0.25, 0.3) is 5.76 Å². The van der Waals surface area contributed by atoms with Gasteiger partial charge in [0, 0.05) is 11.1 Å². The Hall–Kier alpha value is -3.00. The lowest BCUT2D eigenvalue weighted by Gasteiger charge is -2.15. The quantitative estimate of drug-likeness (QED) is 0.335. The molecule has 164 valence electrons. The molecule has 0 aliphatic carbocycles. The van der Waals surface area contributed by atoms with Crippen molar-refractivity contribution in [1.82, 2.24) is 0 Å². The molecule has 1 heterocycles. The Morgan fingerprint density at radius 1 is 1.06 bits per heavy atom. The lowest BCUT2D eigenvalue weighted by atomic mass is 10.1. The number of rotatable bonds is 4. The second-order valence-electron chi connectivity index (χ2n) is 7.29. The van der Waals surface area contributed by atoms with Gasteiger partial charge in [0.2, 0.25) is 11.2 Å². The molecule has 31 heavy (non-hydrogen) atoms. The van der Waals surface area contributed by atoms with Crippen LogP contribution in [-0.4, -0.2) is 5.97 Å². The van der Waals surface area contributed by atoms with Crippen molar-refractivity contribution in [2.75, 3.05) is 0 Å². The second-order valence-corrected chi connectivity index (χ2v) is 7.67. The van der Waals surface area contributed by atoms with Crippen molar-refractivity contribution in [3.8, 4) is 17.2 Å². The zero-order valence-electron chi connectivity index (χ0n) is 17.0. The standard InChI is InChI=1S/C22H18ClF3O5/c1-10(2)21(28)30-13-5-6-15-16(9-13)31-20(22(24,25)26)19(18(15)27)29-14-7-11(3)17(23)12(4)8-14/h5-10H,1-4H3. The summed E-state index contributed by atoms with van der Waals surface area (Å²) in [4.78, 5) is 24.6. The molecule has 0 radical (unpaired) electrons. The topological polar surface area (TPSA) is 65.7 Å². The Labute approximate surface area is 180 Å². The Balaban J connectivity index is 2.16. The predicted molar refractivity (Wildman–Crippen MR) is 109 cm³/mol. The molecule has 0 atom stereocenters. The van der Waals surface area contributed by atoms with E-state index in [1.807, 2.05) is 0 Å². The Kier molecular flexibility index (Phi) is 6.04. The minimum atomic E-state index is -5.01. The van der Waals surface area contributed by atoms with Crippen molar-refractivity contribution < 1.29 is 31.9 Å². The Morgan fingerprint density at radius 2 is 1.68 bits per heavy atom. The smallest absolute Gasteiger partial charge is 0.449 e. The largest absolute Gasteiger partial charge is 0.453 e. The van der Waals surface area contributed by atoms with Crippen LogP contribution in [0, 0.1) is 19.8 Å². The molecule has 0 saturated carbocycles. The lowest BCUT2D eigenvalue weighted by molar-refractivity contribution is -0.154. The summed E-state index contributed by atoms with van der Waals surface area (Å²) in [7, 11) is 0. The van der Waals surface area contributed by atoms with Crippen molar-refractivity contribution in [2.24, 2.45) is 5.92 Å². The number of esters is 1. The maximum absolute atomic E-state index is 13.7. The zero-order chi connectivity index (χ0) is 23.1. The van der Waals surface area contributed by atoms with E-state index in [9.17, 15) is 22.8 Å². The average molecular weight is 455 g/mol. The van der Waals surface area contributed by atoms with E-state index in [1.165, 1.54) is 24.3 Å². The van der Waals surface area contributed by atoms with Gasteiger partial charge in [-0.15, -0.1) is 0 Å². The summed E-state index contributed by atoms with van der Waals surface area (Å²) in [6, 6.07) is 6.43. The molecule has 0 spiro atoms. The molecule has 0 aliphatic heterocycles. The molecule has 3 rings (SSSR count). The van der Waals surface area contributed by atoms with Crippen molar-refractivity contribution in [3.05, 3.63) is 62.5 Å². The molecule has 0 fully saturated rings. The first kappa shape index (κ1) is 22.7. The van der Waals surface area contributed by atoms with Crippen molar-refractivity contribution in [2.45, 2.75) is 33.9 Å². The number of halogens is 4. The number of carbonyl (C=O) groups is 1. The van der Waals surface area contributed by atoms with Gasteiger partial charge in [-0.25, -0.2) is 0 Å². The van der Waals surface area contributed by atoms with E-state index in [0.29, 0.717) is 16.1 Å². The predicted octanol–water partition coefficient (Wildman–Crippen LogP) is 6.44. The van der Waals surface area contributed by atoms with Crippen LogP contribution >= 0.6 is 11.6 Å². The summed E-state index contributed by atoms with van der Waals surface area (Å²) in [6.07, 6.45) is -5.01. The van der Waals surface area contributed by atoms with Gasteiger partial charge in [0.05, 0.1) is 11.3 Å². The summed E-state index contributed by atoms with van der Waals surface area (Å²) < 4.78 is 56.5. The first-order valence-corrected chi connectivity index (χ1v) is 9.60. The fraction of sp³-hybridized carbons (Fsp3) is 0.273. The molecule has 9 heteroatoms. The highest BCUT2D eigenvalue weighted by Crippen LogP contribution is 2.39. The Bertz CT molecular complexity index is 1210. The van der Waals surface area contributed by atoms with Crippen LogP contribution in [0.1, 0.15) is 30.7 Å². The number of carbonyl (C=O) groups excluding carboxylic acids is 1. The van der Waals surface area contributed by atoms with E-state index >= 15 is 0 Å². The monoisotopic (exact) mass is 454 g/mol. The summed E-state index contributed by atoms with van der Waals surface area (Å²) in [5, 5.41) is 0.284. The maximum Gasteiger partial charge on any atom is 0.453 e. The molecule has 0 aliphatic rings. The van der Waals surface area contributed by atoms with E-state index in [4.69, 9.17) is 25.5 Å². The van der Waals surface area contributed by atoms with Crippen LogP contribution < -0.4 is 14.9 Å². The lowest BCUT2D eigenvalue weighted by Crippen LogP contribution is -2.16. The molecule has 5 nitrogen and oxygen atoms in total. The zero-order valence-corrected chi connectivity index (χ0v) is 17.8. The van der Waals surface area contributed by atoms with Gasteiger partial charge in [-0.2, -0.15) is 13.2 Å². The molecule has 0 amide bonds. The number of aryl methyl sites for hydroxylation is 2. The molecular formula is C22H18ClF3O5. The van der Waals surface area contributed by atoms with Gasteiger partial charge in [0.1, 0.15) is 17.1 Å². The molecule has 1 aromatic heterocycles. The van der Waals surface area contributed by atoms with Gasteiger partial charge < -0.3 is 13.9 Å². The number of hydrogen-bond donors (Lipinski definition) is 0. The molecular weight excluding hydrogens is 437 g/mol. The number of benzene rings is 2. The molecule has 0 unspecified atom stereocenters. The highest BCUT2D eigenvalue weighted by atomic mass is 35.5. The Morgan fingerprint density at radius 3 is 2.23 bits per heavy atom. The van der Waals surface area contributed by atoms with Crippen molar-refractivity contribution >= 4 is 28.5 Å². The van der Waals surface area contributed by atoms with E-state index in [-0.39, 0.29) is 22.5 Å². The number of hydrogen-bond acceptors (Lipinski definition) is 5. The molecule has 0 saturated heterocycles. The van der Waals surface area contributed by atoms with Crippen LogP contribution in [0.2, 0.25) is 5.02 Å². The first-order valence-electron chi connectivity index (χ1n) is 9.23. The van der Waals surface area contributed by atoms with Crippen LogP contribution in [-0.2, 0) is 11.0 Å². The average Bonchev–Trinajstić information content (AvgIpc) is 2.67. The van der Waals surface area contributed by atoms with Crippen LogP contribution in [0.15, 0.2) is 39.5 Å². The normalized spacial score (nSPS) is 11.8. The SMILES string of the molecule is Cc1cc(Oc2c(C(F)(F)F)oc3cc(OC(=O)C(C)C)ccc3c2=O)cc(C)c1Cl. The van der Waals surface area contributed by atoms with Gasteiger partial charge >= 0.3 is 12.1 Å². The van der Waals surface area contributed by atoms with Gasteiger partial charge in [0.15, 0.2) is 0 Å². The fourth-order valence-electron chi connectivity index (χ4n) is 2.82. The van der Waals surface area contributed by atoms with E-state index in [2.05, 4.69) is 0 Å². The molecule has 2 aromatic carbocycles. The van der Waals surface area contributed by atoms with E-state index in [1.54, 1.807) is 27.7 Å². The summed E-state index contributed by atoms with van der Waals surface area (Å²) in [6.45, 7) is 6.54. The molecule has 0 N–H and O–H groups in total. The third kappa shape index (κ3) is 4.69. The van der Waals surface area contributed by atoms with E-state index < -0.39 is 35.0 Å². The fourth-order valence-corrected chi connectivity index (χ4v) is 2.93. The first-order chi connectivity index (χ1) is 14.4. The summed E-state index contributed by atoms with van der Waals surface area (Å²) in [5.41, 5.74) is -0.248. The van der Waals surface area contributed by atoms with Crippen LogP contribution in [0.25, 0.3) is 11.0 Å². The van der Waals surface area contributed by atoms with Gasteiger partial charge in [-0.3, -0.25) is 9.59 Å². The third-order valence-corrected chi connectivity index (χ3v) is 5.00. The van der Waals surface area contributed by atoms with Crippen LogP contribution in [0.3, 0.4) is 0 Å². The second kappa shape index (κ2) is 8.26. The van der Waals surface area contributed by atoms with Crippen LogP contribution in [0.4, 0.5) is 13.2 Å². The van der Waals surface area contributed by atoms with E-state index in [0.717, 1.165) is 6.07 Å². The highest BCUT2D eigenvalue weighted by molar-refractivity contribution is 6.32. The maximum atomic E-state index is 13.7. The summed E-state index contributed by atoms with van der Waals surface area (Å²) in [5.74, 6) is -3.64.